The number of anilines is 1. The van der Waals surface area contributed by atoms with Crippen molar-refractivity contribution < 1.29 is 9.59 Å². The van der Waals surface area contributed by atoms with E-state index < -0.39 is 5.41 Å². The van der Waals surface area contributed by atoms with E-state index in [1.54, 1.807) is 31.5 Å². The normalized spacial score (nSPS) is 16.0. The van der Waals surface area contributed by atoms with Gasteiger partial charge in [-0.3, -0.25) is 24.6 Å². The van der Waals surface area contributed by atoms with E-state index in [2.05, 4.69) is 38.4 Å². The van der Waals surface area contributed by atoms with Crippen molar-refractivity contribution in [3.63, 3.8) is 0 Å². The largest absolute Gasteiger partial charge is 0.322 e. The Hall–Kier alpha value is -4.90. The number of hydrogen-bond acceptors (Lipinski definition) is 6. The zero-order chi connectivity index (χ0) is 28.3. The fourth-order valence-corrected chi connectivity index (χ4v) is 4.52. The molecule has 2 aromatic carbocycles. The molecule has 0 aliphatic heterocycles. The summed E-state index contributed by atoms with van der Waals surface area (Å²) in [5.74, 6) is 0.217. The van der Waals surface area contributed by atoms with Gasteiger partial charge < -0.3 is 10.6 Å². The molecule has 0 unspecified atom stereocenters. The van der Waals surface area contributed by atoms with E-state index in [1.165, 1.54) is 0 Å². The third-order valence-electron chi connectivity index (χ3n) is 7.33. The summed E-state index contributed by atoms with van der Waals surface area (Å²) < 4.78 is 0. The molecule has 1 heterocycles. The van der Waals surface area contributed by atoms with Crippen LogP contribution in [0.4, 0.5) is 5.69 Å². The van der Waals surface area contributed by atoms with E-state index in [9.17, 15) is 14.9 Å². The first kappa shape index (κ1) is 26.7. The highest BCUT2D eigenvalue weighted by Gasteiger charge is 2.46. The summed E-state index contributed by atoms with van der Waals surface area (Å²) in [6.45, 7) is 5.73. The van der Waals surface area contributed by atoms with Crippen LogP contribution in [0.1, 0.15) is 52.9 Å². The number of nitrogens with one attached hydrogen (secondary N) is 2. The number of nitriles is 1. The molecule has 200 valence electrons. The first-order valence-electron chi connectivity index (χ1n) is 13.2. The molecule has 5 rings (SSSR count). The number of carbonyl (C=O) groups excluding carboxylic acids is 2. The van der Waals surface area contributed by atoms with Crippen molar-refractivity contribution in [1.29, 1.82) is 5.26 Å². The lowest BCUT2D eigenvalue weighted by Gasteiger charge is -2.13. The lowest BCUT2D eigenvalue weighted by molar-refractivity contribution is -0.120. The molecule has 0 saturated heterocycles. The fraction of sp³-hybridized carbons (Fsp3) is 0.250. The molecule has 1 aromatic heterocycles. The molecule has 2 aliphatic rings. The molecule has 0 bridgehead atoms. The van der Waals surface area contributed by atoms with Gasteiger partial charge in [0, 0.05) is 42.1 Å². The molecule has 3 aromatic rings. The van der Waals surface area contributed by atoms with Crippen molar-refractivity contribution in [2.24, 2.45) is 15.9 Å². The molecule has 8 heteroatoms. The highest BCUT2D eigenvalue weighted by molar-refractivity contribution is 6.08. The monoisotopic (exact) mass is 530 g/mol. The predicted octanol–water partition coefficient (Wildman–Crippen LogP) is 5.46. The molecule has 0 spiro atoms. The smallest absolute Gasteiger partial charge is 0.255 e. The number of amides is 2. The van der Waals surface area contributed by atoms with E-state index in [-0.39, 0.29) is 17.7 Å². The number of benzene rings is 2. The standard InChI is InChI=1S/C32H30N6O2/c1-20-7-10-25(37-31(40)24-11-14-36-28(16-24)32(19-33)12-13-32)17-26(20)22-5-4-6-23(15-22)27(34-2)18-29(35-3)38-30(39)21-8-9-21/h4-7,10-11,14-18,21H,2,8-9,12-13H2,1,3H3,(H,37,40)(H,35,38,39)/b27-18-. The van der Waals surface area contributed by atoms with Crippen molar-refractivity contribution in [3.8, 4) is 17.2 Å². The van der Waals surface area contributed by atoms with Gasteiger partial charge >= 0.3 is 0 Å². The van der Waals surface area contributed by atoms with Gasteiger partial charge in [-0.25, -0.2) is 0 Å². The summed E-state index contributed by atoms with van der Waals surface area (Å²) in [4.78, 5) is 38.0. The van der Waals surface area contributed by atoms with E-state index in [0.29, 0.717) is 28.5 Å². The van der Waals surface area contributed by atoms with Crippen LogP contribution in [0, 0.1) is 24.2 Å². The minimum Gasteiger partial charge on any atom is -0.322 e. The van der Waals surface area contributed by atoms with E-state index in [4.69, 9.17) is 0 Å². The Balaban J connectivity index is 1.38. The van der Waals surface area contributed by atoms with Crippen LogP contribution in [0.3, 0.4) is 0 Å². The van der Waals surface area contributed by atoms with E-state index in [0.717, 1.165) is 47.9 Å². The summed E-state index contributed by atoms with van der Waals surface area (Å²) in [7, 11) is 1.62. The molecule has 8 nitrogen and oxygen atoms in total. The second-order valence-corrected chi connectivity index (χ2v) is 10.2. The van der Waals surface area contributed by atoms with Gasteiger partial charge in [0.05, 0.1) is 22.9 Å². The number of nitrogens with zero attached hydrogens (tertiary/aromatic N) is 4. The Kier molecular flexibility index (Phi) is 7.39. The number of rotatable bonds is 8. The predicted molar refractivity (Wildman–Crippen MR) is 157 cm³/mol. The van der Waals surface area contributed by atoms with Gasteiger partial charge in [-0.05, 0) is 86.3 Å². The minimum absolute atomic E-state index is 0.0244. The zero-order valence-corrected chi connectivity index (χ0v) is 22.6. The minimum atomic E-state index is -0.557. The van der Waals surface area contributed by atoms with Gasteiger partial charge in [0.25, 0.3) is 5.91 Å². The van der Waals surface area contributed by atoms with Crippen LogP contribution in [-0.2, 0) is 10.2 Å². The first-order chi connectivity index (χ1) is 19.4. The van der Waals surface area contributed by atoms with E-state index >= 15 is 0 Å². The third kappa shape index (κ3) is 5.74. The van der Waals surface area contributed by atoms with Gasteiger partial charge in [-0.15, -0.1) is 0 Å². The second-order valence-electron chi connectivity index (χ2n) is 10.2. The summed E-state index contributed by atoms with van der Waals surface area (Å²) in [6, 6.07) is 19.3. The number of aryl methyl sites for hydroxylation is 1. The van der Waals surface area contributed by atoms with Crippen LogP contribution in [0.25, 0.3) is 16.8 Å². The SMILES string of the molecule is C=N/C(=C\C(=NC)NC(=O)C1CC1)c1cccc(-c2cc(NC(=O)c3ccnc(C4(C#N)CC4)c3)ccc2C)c1. The van der Waals surface area contributed by atoms with Crippen LogP contribution in [0.2, 0.25) is 0 Å². The first-order valence-corrected chi connectivity index (χ1v) is 13.2. The number of carbonyl (C=O) groups is 2. The molecule has 2 amide bonds. The average molecular weight is 531 g/mol. The average Bonchev–Trinajstić information content (AvgIpc) is 3.91. The molecule has 0 atom stereocenters. The molecule has 2 N–H and O–H groups in total. The molecular formula is C32H30N6O2. The molecular weight excluding hydrogens is 500 g/mol. The maximum atomic E-state index is 13.1. The van der Waals surface area contributed by atoms with E-state index in [1.807, 2.05) is 49.4 Å². The van der Waals surface area contributed by atoms with Crippen LogP contribution >= 0.6 is 0 Å². The quantitative estimate of drug-likeness (QED) is 0.297. The highest BCUT2D eigenvalue weighted by atomic mass is 16.2. The van der Waals surface area contributed by atoms with Crippen molar-refractivity contribution in [2.75, 3.05) is 12.4 Å². The Morgan fingerprint density at radius 2 is 1.93 bits per heavy atom. The highest BCUT2D eigenvalue weighted by Crippen LogP contribution is 2.46. The van der Waals surface area contributed by atoms with Gasteiger partial charge in [-0.2, -0.15) is 5.26 Å². The van der Waals surface area contributed by atoms with Crippen molar-refractivity contribution in [1.82, 2.24) is 10.3 Å². The number of aromatic nitrogens is 1. The fourth-order valence-electron chi connectivity index (χ4n) is 4.52. The molecule has 2 fully saturated rings. The third-order valence-corrected chi connectivity index (χ3v) is 7.33. The molecule has 2 aliphatic carbocycles. The van der Waals surface area contributed by atoms with Crippen LogP contribution in [0.15, 0.2) is 76.9 Å². The van der Waals surface area contributed by atoms with Crippen LogP contribution in [0.5, 0.6) is 0 Å². The summed E-state index contributed by atoms with van der Waals surface area (Å²) in [5, 5.41) is 15.3. The van der Waals surface area contributed by atoms with Gasteiger partial charge in [-0.1, -0.05) is 24.3 Å². The Labute approximate surface area is 233 Å². The summed E-state index contributed by atoms with van der Waals surface area (Å²) in [6.07, 6.45) is 6.65. The van der Waals surface area contributed by atoms with Crippen molar-refractivity contribution in [3.05, 3.63) is 89.3 Å². The van der Waals surface area contributed by atoms with Crippen LogP contribution in [-0.4, -0.2) is 36.4 Å². The zero-order valence-electron chi connectivity index (χ0n) is 22.6. The van der Waals surface area contributed by atoms with Gasteiger partial charge in [0.2, 0.25) is 5.91 Å². The van der Waals surface area contributed by atoms with Crippen molar-refractivity contribution >= 4 is 35.8 Å². The Morgan fingerprint density at radius 3 is 2.60 bits per heavy atom. The Morgan fingerprint density at radius 1 is 1.12 bits per heavy atom. The second kappa shape index (κ2) is 11.1. The number of aliphatic imine (C=N–C) groups is 2. The maximum Gasteiger partial charge on any atom is 0.255 e. The number of pyridine rings is 1. The number of hydrogen-bond donors (Lipinski definition) is 2. The number of amidine groups is 1. The maximum absolute atomic E-state index is 13.1. The van der Waals surface area contributed by atoms with Crippen molar-refractivity contribution in [2.45, 2.75) is 38.0 Å². The Bertz CT molecular complexity index is 1610. The summed E-state index contributed by atoms with van der Waals surface area (Å²) in [5.41, 5.74) is 5.53. The molecule has 2 saturated carbocycles. The lowest BCUT2D eigenvalue weighted by Crippen LogP contribution is -2.30. The van der Waals surface area contributed by atoms with Gasteiger partial charge in [0.1, 0.15) is 5.84 Å². The van der Waals surface area contributed by atoms with Crippen LogP contribution < -0.4 is 10.6 Å². The van der Waals surface area contributed by atoms with Gasteiger partial charge in [0.15, 0.2) is 0 Å². The topological polar surface area (TPSA) is 120 Å². The summed E-state index contributed by atoms with van der Waals surface area (Å²) >= 11 is 0. The lowest BCUT2D eigenvalue weighted by atomic mass is 9.97. The molecule has 40 heavy (non-hydrogen) atoms. The molecule has 0 radical (unpaired) electrons.